The molecule has 272 valence electrons. The second-order valence-electron chi connectivity index (χ2n) is 12.9. The van der Waals surface area contributed by atoms with Crippen LogP contribution in [-0.2, 0) is 78.9 Å². The Hall–Kier alpha value is 0.529. The van der Waals surface area contributed by atoms with Gasteiger partial charge in [-0.15, -0.1) is 0 Å². The van der Waals surface area contributed by atoms with E-state index in [9.17, 15) is 29.7 Å². The van der Waals surface area contributed by atoms with E-state index in [2.05, 4.69) is 82.0 Å². The molecule has 0 radical (unpaired) electrons. The third-order valence-corrected chi connectivity index (χ3v) is 12.0. The molecular formula is C34H63O6S6Sn+3. The van der Waals surface area contributed by atoms with Crippen molar-refractivity contribution >= 4 is 105 Å². The van der Waals surface area contributed by atoms with E-state index in [-0.39, 0.29) is 0 Å². The molecule has 3 atom stereocenters. The van der Waals surface area contributed by atoms with Crippen molar-refractivity contribution in [2.24, 2.45) is 17.8 Å². The van der Waals surface area contributed by atoms with Gasteiger partial charge in [-0.2, -0.15) is 0 Å². The van der Waals surface area contributed by atoms with E-state index in [0.29, 0.717) is 19.3 Å². The summed E-state index contributed by atoms with van der Waals surface area (Å²) >= 11 is 15.7. The number of carbonyl (C=O) groups is 3. The molecule has 0 rings (SSSR count). The van der Waals surface area contributed by atoms with Gasteiger partial charge in [0, 0.05) is 19.3 Å². The number of rotatable bonds is 26. The van der Waals surface area contributed by atoms with Crippen LogP contribution in [0.2, 0.25) is 4.44 Å². The molecule has 0 amide bonds. The minimum atomic E-state index is -1.02. The van der Waals surface area contributed by atoms with Gasteiger partial charge in [0.1, 0.15) is 17.9 Å². The second-order valence-corrected chi connectivity index (χ2v) is 18.4. The van der Waals surface area contributed by atoms with Crippen LogP contribution in [-0.4, -0.2) is 56.2 Å². The van der Waals surface area contributed by atoms with Gasteiger partial charge in [0.05, 0.1) is 0 Å². The first-order chi connectivity index (χ1) is 22.1. The Balaban J connectivity index is -0.000000275. The number of unbranched alkanes of at least 4 members (excludes halogenated alkanes) is 7. The molecule has 0 aliphatic rings. The molecule has 0 bridgehead atoms. The summed E-state index contributed by atoms with van der Waals surface area (Å²) in [7, 11) is 2.89. The molecular weight excluding hydrogens is 815 g/mol. The van der Waals surface area contributed by atoms with Crippen LogP contribution in [0.15, 0.2) is 0 Å². The molecule has 0 aliphatic carbocycles. The molecule has 0 aliphatic heterocycles. The van der Waals surface area contributed by atoms with Gasteiger partial charge in [0.25, 0.3) is 64.5 Å². The normalized spacial score (nSPS) is 12.3. The Labute approximate surface area is 327 Å². The molecule has 0 aromatic carbocycles. The van der Waals surface area contributed by atoms with Crippen molar-refractivity contribution in [1.29, 1.82) is 0 Å². The van der Waals surface area contributed by atoms with E-state index < -0.39 is 33.7 Å². The number of hydrogen-bond acceptors (Lipinski definition) is 9. The van der Waals surface area contributed by atoms with Crippen molar-refractivity contribution in [2.45, 2.75) is 178 Å². The van der Waals surface area contributed by atoms with Crippen molar-refractivity contribution in [3.05, 3.63) is 0 Å². The first-order valence-corrected chi connectivity index (χ1v) is 24.7. The summed E-state index contributed by atoms with van der Waals surface area (Å²) in [6.45, 7) is 15.4. The van der Waals surface area contributed by atoms with Gasteiger partial charge in [-0.25, -0.2) is 0 Å². The SMILES string of the molecule is CC(C)CCCCCC([S+]=S)C(=O)[O-].CC(C)CCCCCC([S+]=S)C(=O)[O-].CC(C)CCCCCC([S+]=S)C(=O)[O-].CCC[CH2][Sn+3]. The van der Waals surface area contributed by atoms with Crippen LogP contribution in [0, 0.1) is 17.8 Å². The van der Waals surface area contributed by atoms with Crippen molar-refractivity contribution in [3.8, 4) is 0 Å². The van der Waals surface area contributed by atoms with Gasteiger partial charge < -0.3 is 29.7 Å². The predicted molar refractivity (Wildman–Crippen MR) is 210 cm³/mol. The van der Waals surface area contributed by atoms with Crippen LogP contribution in [0.4, 0.5) is 0 Å². The Bertz CT molecular complexity index is 689. The Kier molecular flexibility index (Phi) is 47.3. The zero-order valence-electron chi connectivity index (χ0n) is 30.1. The summed E-state index contributed by atoms with van der Waals surface area (Å²) in [5.41, 5.74) is 0. The third kappa shape index (κ3) is 46.5. The van der Waals surface area contributed by atoms with Gasteiger partial charge in [-0.05, 0) is 37.0 Å². The average Bonchev–Trinajstić information content (AvgIpc) is 2.99. The molecule has 0 spiro atoms. The van der Waals surface area contributed by atoms with Crippen molar-refractivity contribution in [1.82, 2.24) is 0 Å². The van der Waals surface area contributed by atoms with Crippen LogP contribution in [0.5, 0.6) is 0 Å². The standard InChI is InChI=1S/3C10H18O2S2.C4H9.Sn/c3*1-8(2)6-4-3-5-7-9(14-13)10(11)12;1-3-4-2;/h3*8-9H,3-7H2,1-2H3;1,3-4H2,2H3;/q;;;;+3. The van der Waals surface area contributed by atoms with E-state index in [0.717, 1.165) is 87.2 Å². The molecule has 3 unspecified atom stereocenters. The maximum atomic E-state index is 10.5. The Morgan fingerprint density at radius 1 is 0.489 bits per heavy atom. The van der Waals surface area contributed by atoms with E-state index in [1.165, 1.54) is 55.8 Å². The van der Waals surface area contributed by atoms with Crippen molar-refractivity contribution < 1.29 is 29.7 Å². The minimum absolute atomic E-state index is 0.496. The predicted octanol–water partition coefficient (Wildman–Crippen LogP) is 5.14. The molecule has 0 saturated heterocycles. The molecule has 0 aromatic heterocycles. The summed E-state index contributed by atoms with van der Waals surface area (Å²) in [5, 5.41) is 30.0. The van der Waals surface area contributed by atoms with E-state index in [1.807, 2.05) is 0 Å². The summed E-state index contributed by atoms with van der Waals surface area (Å²) in [6.07, 6.45) is 18.0. The van der Waals surface area contributed by atoms with Gasteiger partial charge >= 0.3 is 46.7 Å². The van der Waals surface area contributed by atoms with Gasteiger partial charge in [-0.1, -0.05) is 99.3 Å². The van der Waals surface area contributed by atoms with Gasteiger partial charge in [0.2, 0.25) is 15.7 Å². The fraction of sp³-hybridized carbons (Fsp3) is 0.912. The van der Waals surface area contributed by atoms with Crippen molar-refractivity contribution in [2.75, 3.05) is 0 Å². The van der Waals surface area contributed by atoms with Crippen LogP contribution >= 0.6 is 0 Å². The van der Waals surface area contributed by atoms with E-state index in [1.54, 1.807) is 22.5 Å². The zero-order valence-corrected chi connectivity index (χ0v) is 37.8. The summed E-state index contributed by atoms with van der Waals surface area (Å²) in [4.78, 5) is 31.5. The fourth-order valence-electron chi connectivity index (χ4n) is 3.97. The monoisotopic (exact) mass is 879 g/mol. The van der Waals surface area contributed by atoms with Crippen molar-refractivity contribution in [3.63, 3.8) is 0 Å². The fourth-order valence-corrected chi connectivity index (χ4v) is 7.58. The van der Waals surface area contributed by atoms with Gasteiger partial charge in [-0.3, -0.25) is 0 Å². The number of carbonyl (C=O) groups excluding carboxylic acids is 3. The average molecular weight is 879 g/mol. The number of hydrogen-bond donors (Lipinski definition) is 0. The topological polar surface area (TPSA) is 120 Å². The summed E-state index contributed by atoms with van der Waals surface area (Å²) in [5.74, 6) is -0.850. The zero-order chi connectivity index (χ0) is 37.0. The molecule has 0 saturated carbocycles. The van der Waals surface area contributed by atoms with E-state index >= 15 is 0 Å². The van der Waals surface area contributed by atoms with Crippen LogP contribution in [0.3, 0.4) is 0 Å². The maximum absolute atomic E-state index is 10.5. The number of aliphatic carboxylic acids is 3. The molecule has 6 nitrogen and oxygen atoms in total. The summed E-state index contributed by atoms with van der Waals surface area (Å²) in [6, 6.07) is 0. The summed E-state index contributed by atoms with van der Waals surface area (Å²) < 4.78 is 1.43. The molecule has 0 aromatic rings. The quantitative estimate of drug-likeness (QED) is 0.0662. The van der Waals surface area contributed by atoms with Crippen LogP contribution < -0.4 is 15.3 Å². The molecule has 47 heavy (non-hydrogen) atoms. The second kappa shape index (κ2) is 41.0. The first kappa shape index (κ1) is 54.3. The molecule has 13 heteroatoms. The van der Waals surface area contributed by atoms with Gasteiger partial charge in [0.15, 0.2) is 0 Å². The number of carboxylic acids is 3. The number of carboxylic acid groups (broad SMARTS) is 3. The van der Waals surface area contributed by atoms with Crippen LogP contribution in [0.25, 0.3) is 0 Å². The Morgan fingerprint density at radius 2 is 0.723 bits per heavy atom. The third-order valence-electron chi connectivity index (χ3n) is 6.91. The molecule has 0 N–H and O–H groups in total. The Morgan fingerprint density at radius 3 is 0.851 bits per heavy atom. The molecule has 0 heterocycles. The molecule has 0 fully saturated rings. The first-order valence-electron chi connectivity index (χ1n) is 17.3. The van der Waals surface area contributed by atoms with Crippen LogP contribution in [0.1, 0.15) is 158 Å². The van der Waals surface area contributed by atoms with E-state index in [4.69, 9.17) is 0 Å².